The number of amides is 1. The third-order valence-electron chi connectivity index (χ3n) is 4.96. The average Bonchev–Trinajstić information content (AvgIpc) is 2.72. The quantitative estimate of drug-likeness (QED) is 0.665. The molecule has 0 aromatic heterocycles. The van der Waals surface area contributed by atoms with Crippen molar-refractivity contribution in [3.05, 3.63) is 66.2 Å². The summed E-state index contributed by atoms with van der Waals surface area (Å²) in [5, 5.41) is 5.26. The Morgan fingerprint density at radius 1 is 1.00 bits per heavy atom. The first kappa shape index (κ1) is 19.7. The molecule has 0 aliphatic heterocycles. The number of nitrogens with zero attached hydrogens (tertiary/aromatic N) is 1. The Kier molecular flexibility index (Phi) is 6.16. The molecule has 0 unspecified atom stereocenters. The molecular weight excluding hydrogens is 352 g/mol. The number of methoxy groups -OCH3 is 2. The topological polar surface area (TPSA) is 50.8 Å². The number of rotatable bonds is 7. The Morgan fingerprint density at radius 2 is 1.75 bits per heavy atom. The first-order chi connectivity index (χ1) is 13.5. The maximum atomic E-state index is 12.7. The number of anilines is 1. The van der Waals surface area contributed by atoms with Crippen LogP contribution in [-0.4, -0.2) is 38.1 Å². The zero-order valence-electron chi connectivity index (χ0n) is 16.7. The summed E-state index contributed by atoms with van der Waals surface area (Å²) in [5.74, 6) is 1.32. The molecular formula is C23H26N2O3. The average molecular weight is 378 g/mol. The Hall–Kier alpha value is -3.05. The number of nitrogens with one attached hydrogen (secondary N) is 1. The molecule has 0 aliphatic rings. The van der Waals surface area contributed by atoms with Gasteiger partial charge in [0, 0.05) is 17.8 Å². The fourth-order valence-electron chi connectivity index (χ4n) is 3.20. The van der Waals surface area contributed by atoms with Crippen LogP contribution in [0.5, 0.6) is 11.5 Å². The maximum Gasteiger partial charge on any atom is 0.241 e. The van der Waals surface area contributed by atoms with Crippen molar-refractivity contribution in [2.24, 2.45) is 0 Å². The zero-order chi connectivity index (χ0) is 20.1. The standard InChI is InChI=1S/C23H26N2O3/c1-16(25(2)15-19-10-7-11-21(27-3)22(19)28-4)23(26)24-20-13-12-17-8-5-6-9-18(17)14-20/h5-14,16H,15H2,1-4H3,(H,24,26)/t16-/m1/s1. The predicted molar refractivity (Wildman–Crippen MR) is 113 cm³/mol. The molecule has 146 valence electrons. The third kappa shape index (κ3) is 4.26. The monoisotopic (exact) mass is 378 g/mol. The van der Waals surface area contributed by atoms with Crippen molar-refractivity contribution in [2.75, 3.05) is 26.6 Å². The molecule has 1 N–H and O–H groups in total. The summed E-state index contributed by atoms with van der Waals surface area (Å²) in [6, 6.07) is 19.5. The number of hydrogen-bond acceptors (Lipinski definition) is 4. The zero-order valence-corrected chi connectivity index (χ0v) is 16.7. The van der Waals surface area contributed by atoms with Crippen LogP contribution in [0.4, 0.5) is 5.69 Å². The molecule has 0 saturated carbocycles. The van der Waals surface area contributed by atoms with E-state index in [1.54, 1.807) is 14.2 Å². The second-order valence-electron chi connectivity index (χ2n) is 6.79. The first-order valence-electron chi connectivity index (χ1n) is 9.23. The van der Waals surface area contributed by atoms with E-state index >= 15 is 0 Å². The number of para-hydroxylation sites is 1. The van der Waals surface area contributed by atoms with E-state index in [2.05, 4.69) is 11.4 Å². The first-order valence-corrected chi connectivity index (χ1v) is 9.23. The summed E-state index contributed by atoms with van der Waals surface area (Å²) in [5.41, 5.74) is 1.76. The third-order valence-corrected chi connectivity index (χ3v) is 4.96. The molecule has 5 nitrogen and oxygen atoms in total. The highest BCUT2D eigenvalue weighted by molar-refractivity contribution is 5.97. The molecule has 0 heterocycles. The van der Waals surface area contributed by atoms with Gasteiger partial charge in [0.1, 0.15) is 0 Å². The molecule has 1 atom stereocenters. The Bertz CT molecular complexity index is 971. The number of likely N-dealkylation sites (N-methyl/N-ethyl adjacent to an activating group) is 1. The molecule has 0 radical (unpaired) electrons. The molecule has 0 fully saturated rings. The van der Waals surface area contributed by atoms with Gasteiger partial charge in [-0.1, -0.05) is 42.5 Å². The van der Waals surface area contributed by atoms with E-state index in [0.29, 0.717) is 18.0 Å². The van der Waals surface area contributed by atoms with Crippen molar-refractivity contribution >= 4 is 22.4 Å². The normalized spacial score (nSPS) is 12.0. The molecule has 0 aliphatic carbocycles. The minimum absolute atomic E-state index is 0.0559. The fourth-order valence-corrected chi connectivity index (χ4v) is 3.20. The van der Waals surface area contributed by atoms with E-state index in [-0.39, 0.29) is 11.9 Å². The summed E-state index contributed by atoms with van der Waals surface area (Å²) >= 11 is 0. The molecule has 5 heteroatoms. The minimum atomic E-state index is -0.317. The Morgan fingerprint density at radius 3 is 2.46 bits per heavy atom. The second kappa shape index (κ2) is 8.76. The SMILES string of the molecule is COc1cccc(CN(C)[C@H](C)C(=O)Nc2ccc3ccccc3c2)c1OC. The van der Waals surface area contributed by atoms with Gasteiger partial charge < -0.3 is 14.8 Å². The van der Waals surface area contributed by atoms with Crippen LogP contribution in [0, 0.1) is 0 Å². The van der Waals surface area contributed by atoms with Gasteiger partial charge in [-0.05, 0) is 42.9 Å². The van der Waals surface area contributed by atoms with Crippen molar-refractivity contribution < 1.29 is 14.3 Å². The number of fused-ring (bicyclic) bond motifs is 1. The van der Waals surface area contributed by atoms with Crippen molar-refractivity contribution in [1.82, 2.24) is 4.90 Å². The van der Waals surface area contributed by atoms with E-state index in [1.807, 2.05) is 73.5 Å². The van der Waals surface area contributed by atoms with Gasteiger partial charge in [0.15, 0.2) is 11.5 Å². The van der Waals surface area contributed by atoms with E-state index in [0.717, 1.165) is 22.0 Å². The van der Waals surface area contributed by atoms with Crippen LogP contribution < -0.4 is 14.8 Å². The smallest absolute Gasteiger partial charge is 0.241 e. The largest absolute Gasteiger partial charge is 0.493 e. The van der Waals surface area contributed by atoms with Crippen LogP contribution in [0.1, 0.15) is 12.5 Å². The lowest BCUT2D eigenvalue weighted by molar-refractivity contribution is -0.120. The van der Waals surface area contributed by atoms with Crippen LogP contribution in [0.3, 0.4) is 0 Å². The highest BCUT2D eigenvalue weighted by Gasteiger charge is 2.20. The van der Waals surface area contributed by atoms with Gasteiger partial charge in [-0.25, -0.2) is 0 Å². The van der Waals surface area contributed by atoms with Gasteiger partial charge in [-0.3, -0.25) is 9.69 Å². The molecule has 3 rings (SSSR count). The van der Waals surface area contributed by atoms with Gasteiger partial charge in [0.05, 0.1) is 20.3 Å². The molecule has 28 heavy (non-hydrogen) atoms. The van der Waals surface area contributed by atoms with Crippen LogP contribution in [0.15, 0.2) is 60.7 Å². The van der Waals surface area contributed by atoms with Crippen LogP contribution in [0.25, 0.3) is 10.8 Å². The summed E-state index contributed by atoms with van der Waals surface area (Å²) in [4.78, 5) is 14.7. The highest BCUT2D eigenvalue weighted by atomic mass is 16.5. The number of benzene rings is 3. The number of ether oxygens (including phenoxy) is 2. The van der Waals surface area contributed by atoms with Gasteiger partial charge >= 0.3 is 0 Å². The lowest BCUT2D eigenvalue weighted by Crippen LogP contribution is -2.39. The van der Waals surface area contributed by atoms with Gasteiger partial charge in [0.25, 0.3) is 0 Å². The molecule has 0 saturated heterocycles. The van der Waals surface area contributed by atoms with E-state index in [9.17, 15) is 4.79 Å². The summed E-state index contributed by atoms with van der Waals surface area (Å²) in [6.45, 7) is 2.45. The molecule has 3 aromatic rings. The maximum absolute atomic E-state index is 12.7. The Labute approximate surface area is 165 Å². The number of carbonyl (C=O) groups is 1. The molecule has 3 aromatic carbocycles. The highest BCUT2D eigenvalue weighted by Crippen LogP contribution is 2.31. The number of carbonyl (C=O) groups excluding carboxylic acids is 1. The van der Waals surface area contributed by atoms with E-state index in [4.69, 9.17) is 9.47 Å². The van der Waals surface area contributed by atoms with Gasteiger partial charge in [-0.2, -0.15) is 0 Å². The number of hydrogen-bond donors (Lipinski definition) is 1. The molecule has 1 amide bonds. The Balaban J connectivity index is 1.70. The van der Waals surface area contributed by atoms with Crippen LogP contribution >= 0.6 is 0 Å². The molecule has 0 bridgehead atoms. The lowest BCUT2D eigenvalue weighted by atomic mass is 10.1. The van der Waals surface area contributed by atoms with Crippen molar-refractivity contribution in [1.29, 1.82) is 0 Å². The van der Waals surface area contributed by atoms with E-state index in [1.165, 1.54) is 0 Å². The van der Waals surface area contributed by atoms with Crippen LogP contribution in [0.2, 0.25) is 0 Å². The molecule has 0 spiro atoms. The van der Waals surface area contributed by atoms with E-state index < -0.39 is 0 Å². The van der Waals surface area contributed by atoms with Crippen molar-refractivity contribution in [3.63, 3.8) is 0 Å². The van der Waals surface area contributed by atoms with Gasteiger partial charge in [-0.15, -0.1) is 0 Å². The van der Waals surface area contributed by atoms with Crippen LogP contribution in [-0.2, 0) is 11.3 Å². The van der Waals surface area contributed by atoms with Gasteiger partial charge in [0.2, 0.25) is 5.91 Å². The second-order valence-corrected chi connectivity index (χ2v) is 6.79. The predicted octanol–water partition coefficient (Wildman–Crippen LogP) is 4.32. The van der Waals surface area contributed by atoms with Crippen molar-refractivity contribution in [2.45, 2.75) is 19.5 Å². The minimum Gasteiger partial charge on any atom is -0.493 e. The summed E-state index contributed by atoms with van der Waals surface area (Å²) < 4.78 is 10.9. The summed E-state index contributed by atoms with van der Waals surface area (Å²) in [6.07, 6.45) is 0. The van der Waals surface area contributed by atoms with Crippen molar-refractivity contribution in [3.8, 4) is 11.5 Å². The fraction of sp³-hybridized carbons (Fsp3) is 0.261. The lowest BCUT2D eigenvalue weighted by Gasteiger charge is -2.25. The summed E-state index contributed by atoms with van der Waals surface area (Å²) in [7, 11) is 5.16.